The van der Waals surface area contributed by atoms with Gasteiger partial charge in [-0.25, -0.2) is 4.79 Å². The Bertz CT molecular complexity index is 578. The van der Waals surface area contributed by atoms with E-state index in [1.165, 1.54) is 11.3 Å². The summed E-state index contributed by atoms with van der Waals surface area (Å²) < 4.78 is 5.20. The van der Waals surface area contributed by atoms with Crippen LogP contribution in [0.2, 0.25) is 0 Å². The minimum atomic E-state index is -0.359. The number of thiophene rings is 1. The predicted molar refractivity (Wildman–Crippen MR) is 65.2 cm³/mol. The maximum atomic E-state index is 11.8. The number of nitrogens with zero attached hydrogens (tertiary/aromatic N) is 1. The van der Waals surface area contributed by atoms with Crippen LogP contribution in [0.5, 0.6) is 5.75 Å². The minimum Gasteiger partial charge on any atom is -0.422 e. The van der Waals surface area contributed by atoms with Crippen LogP contribution in [0.25, 0.3) is 0 Å². The second kappa shape index (κ2) is 4.81. The van der Waals surface area contributed by atoms with Gasteiger partial charge in [0.2, 0.25) is 0 Å². The van der Waals surface area contributed by atoms with Crippen LogP contribution in [0.15, 0.2) is 35.7 Å². The molecule has 0 amide bonds. The number of hydrogen-bond donors (Lipinski definition) is 0. The van der Waals surface area contributed by atoms with E-state index in [9.17, 15) is 4.79 Å². The van der Waals surface area contributed by atoms with Gasteiger partial charge in [0, 0.05) is 0 Å². The molecule has 0 fully saturated rings. The molecule has 0 bridgehead atoms. The standard InChI is InChI=1S/C13H9NO2S/c1-9-6-7-17-12(9)13(15)16-11-4-2-10(8-14)3-5-11/h2-7H,1H3. The fourth-order valence-corrected chi connectivity index (χ4v) is 2.13. The zero-order valence-corrected chi connectivity index (χ0v) is 9.95. The van der Waals surface area contributed by atoms with E-state index >= 15 is 0 Å². The first kappa shape index (κ1) is 11.4. The summed E-state index contributed by atoms with van der Waals surface area (Å²) in [6.07, 6.45) is 0. The predicted octanol–water partition coefficient (Wildman–Crippen LogP) is 3.15. The fourth-order valence-electron chi connectivity index (χ4n) is 1.33. The van der Waals surface area contributed by atoms with Crippen molar-refractivity contribution >= 4 is 17.3 Å². The summed E-state index contributed by atoms with van der Waals surface area (Å²) in [5.41, 5.74) is 1.45. The lowest BCUT2D eigenvalue weighted by molar-refractivity contribution is 0.0739. The van der Waals surface area contributed by atoms with Crippen molar-refractivity contribution < 1.29 is 9.53 Å². The molecule has 1 aromatic carbocycles. The Labute approximate surface area is 103 Å². The third-order valence-electron chi connectivity index (χ3n) is 2.24. The topological polar surface area (TPSA) is 50.1 Å². The number of esters is 1. The van der Waals surface area contributed by atoms with E-state index in [4.69, 9.17) is 10.00 Å². The van der Waals surface area contributed by atoms with Crippen LogP contribution in [-0.4, -0.2) is 5.97 Å². The Morgan fingerprint density at radius 2 is 2.00 bits per heavy atom. The summed E-state index contributed by atoms with van der Waals surface area (Å²) in [6.45, 7) is 1.87. The van der Waals surface area contributed by atoms with Crippen LogP contribution in [0.4, 0.5) is 0 Å². The summed E-state index contributed by atoms with van der Waals surface area (Å²) in [5, 5.41) is 10.5. The van der Waals surface area contributed by atoms with E-state index in [-0.39, 0.29) is 5.97 Å². The Hall–Kier alpha value is -2.12. The van der Waals surface area contributed by atoms with E-state index in [0.717, 1.165) is 5.56 Å². The lowest BCUT2D eigenvalue weighted by Gasteiger charge is -2.03. The zero-order chi connectivity index (χ0) is 12.3. The molecule has 3 nitrogen and oxygen atoms in total. The van der Waals surface area contributed by atoms with Crippen LogP contribution in [0, 0.1) is 18.3 Å². The van der Waals surface area contributed by atoms with Crippen molar-refractivity contribution in [3.05, 3.63) is 51.7 Å². The molecule has 0 saturated heterocycles. The van der Waals surface area contributed by atoms with E-state index in [1.807, 2.05) is 24.4 Å². The normalized spacial score (nSPS) is 9.65. The van der Waals surface area contributed by atoms with Crippen molar-refractivity contribution in [2.45, 2.75) is 6.92 Å². The average molecular weight is 243 g/mol. The molecule has 17 heavy (non-hydrogen) atoms. The highest BCUT2D eigenvalue weighted by Crippen LogP contribution is 2.19. The van der Waals surface area contributed by atoms with Crippen molar-refractivity contribution in [2.75, 3.05) is 0 Å². The molecular weight excluding hydrogens is 234 g/mol. The van der Waals surface area contributed by atoms with Gasteiger partial charge in [-0.1, -0.05) is 0 Å². The number of aryl methyl sites for hydroxylation is 1. The van der Waals surface area contributed by atoms with E-state index in [1.54, 1.807) is 24.3 Å². The Kier molecular flexibility index (Phi) is 3.22. The van der Waals surface area contributed by atoms with Gasteiger partial charge in [-0.15, -0.1) is 11.3 Å². The lowest BCUT2D eigenvalue weighted by atomic mass is 10.2. The van der Waals surface area contributed by atoms with Crippen molar-refractivity contribution in [3.8, 4) is 11.8 Å². The van der Waals surface area contributed by atoms with Crippen LogP contribution in [0.3, 0.4) is 0 Å². The van der Waals surface area contributed by atoms with Gasteiger partial charge in [-0.05, 0) is 48.2 Å². The molecule has 0 aliphatic heterocycles. The van der Waals surface area contributed by atoms with Crippen LogP contribution < -0.4 is 4.74 Å². The third kappa shape index (κ3) is 2.52. The van der Waals surface area contributed by atoms with Crippen LogP contribution in [0.1, 0.15) is 20.8 Å². The highest BCUT2D eigenvalue weighted by molar-refractivity contribution is 7.12. The SMILES string of the molecule is Cc1ccsc1C(=O)Oc1ccc(C#N)cc1. The highest BCUT2D eigenvalue weighted by Gasteiger charge is 2.12. The first-order valence-corrected chi connectivity index (χ1v) is 5.85. The molecule has 0 N–H and O–H groups in total. The third-order valence-corrected chi connectivity index (χ3v) is 3.24. The Morgan fingerprint density at radius 1 is 1.29 bits per heavy atom. The summed E-state index contributed by atoms with van der Waals surface area (Å²) in [5.74, 6) is 0.0870. The number of carbonyl (C=O) groups is 1. The maximum Gasteiger partial charge on any atom is 0.353 e. The van der Waals surface area contributed by atoms with Gasteiger partial charge in [-0.3, -0.25) is 0 Å². The Morgan fingerprint density at radius 3 is 2.53 bits per heavy atom. The molecule has 0 spiro atoms. The molecule has 0 aliphatic carbocycles. The molecule has 0 atom stereocenters. The van der Waals surface area contributed by atoms with Crippen molar-refractivity contribution in [1.29, 1.82) is 5.26 Å². The summed E-state index contributed by atoms with van der Waals surface area (Å²) >= 11 is 1.36. The molecule has 0 saturated carbocycles. The van der Waals surface area contributed by atoms with Gasteiger partial charge in [0.15, 0.2) is 0 Å². The molecule has 0 aliphatic rings. The summed E-state index contributed by atoms with van der Waals surface area (Å²) in [4.78, 5) is 12.4. The molecule has 2 aromatic rings. The smallest absolute Gasteiger partial charge is 0.353 e. The number of benzene rings is 1. The van der Waals surface area contributed by atoms with Crippen molar-refractivity contribution in [1.82, 2.24) is 0 Å². The lowest BCUT2D eigenvalue weighted by Crippen LogP contribution is -2.07. The van der Waals surface area contributed by atoms with Crippen molar-refractivity contribution in [3.63, 3.8) is 0 Å². The van der Waals surface area contributed by atoms with Gasteiger partial charge < -0.3 is 4.74 Å². The Balaban J connectivity index is 2.14. The highest BCUT2D eigenvalue weighted by atomic mass is 32.1. The molecular formula is C13H9NO2S. The van der Waals surface area contributed by atoms with Gasteiger partial charge in [0.1, 0.15) is 10.6 Å². The molecule has 2 rings (SSSR count). The van der Waals surface area contributed by atoms with E-state index in [2.05, 4.69) is 0 Å². The number of rotatable bonds is 2. The van der Waals surface area contributed by atoms with Gasteiger partial charge >= 0.3 is 5.97 Å². The number of ether oxygens (including phenoxy) is 1. The van der Waals surface area contributed by atoms with Gasteiger partial charge in [0.05, 0.1) is 11.6 Å². The van der Waals surface area contributed by atoms with Crippen LogP contribution in [-0.2, 0) is 0 Å². The second-order valence-electron chi connectivity index (χ2n) is 3.46. The first-order valence-electron chi connectivity index (χ1n) is 4.97. The summed E-state index contributed by atoms with van der Waals surface area (Å²) in [6, 6.07) is 10.3. The molecule has 1 aromatic heterocycles. The second-order valence-corrected chi connectivity index (χ2v) is 4.37. The summed E-state index contributed by atoms with van der Waals surface area (Å²) in [7, 11) is 0. The number of carbonyl (C=O) groups excluding carboxylic acids is 1. The molecule has 0 unspecified atom stereocenters. The van der Waals surface area contributed by atoms with Gasteiger partial charge in [0.25, 0.3) is 0 Å². The largest absolute Gasteiger partial charge is 0.422 e. The minimum absolute atomic E-state index is 0.359. The molecule has 1 heterocycles. The van der Waals surface area contributed by atoms with Gasteiger partial charge in [-0.2, -0.15) is 5.26 Å². The number of hydrogen-bond acceptors (Lipinski definition) is 4. The van der Waals surface area contributed by atoms with E-state index < -0.39 is 0 Å². The first-order chi connectivity index (χ1) is 8.20. The fraction of sp³-hybridized carbons (Fsp3) is 0.0769. The average Bonchev–Trinajstić information content (AvgIpc) is 2.76. The zero-order valence-electron chi connectivity index (χ0n) is 9.14. The molecule has 4 heteroatoms. The van der Waals surface area contributed by atoms with E-state index in [0.29, 0.717) is 16.2 Å². The monoisotopic (exact) mass is 243 g/mol. The van der Waals surface area contributed by atoms with Crippen LogP contribution >= 0.6 is 11.3 Å². The van der Waals surface area contributed by atoms with Crippen molar-refractivity contribution in [2.24, 2.45) is 0 Å². The molecule has 84 valence electrons. The molecule has 0 radical (unpaired) electrons. The number of nitriles is 1. The maximum absolute atomic E-state index is 11.8. The quantitative estimate of drug-likeness (QED) is 0.601.